The van der Waals surface area contributed by atoms with Crippen LogP contribution in [0.1, 0.15) is 18.4 Å². The van der Waals surface area contributed by atoms with E-state index in [-0.39, 0.29) is 24.0 Å². The van der Waals surface area contributed by atoms with Crippen LogP contribution in [0.3, 0.4) is 0 Å². The molecule has 1 saturated carbocycles. The molecule has 5 nitrogen and oxygen atoms in total. The van der Waals surface area contributed by atoms with Crippen molar-refractivity contribution in [1.29, 1.82) is 0 Å². The summed E-state index contributed by atoms with van der Waals surface area (Å²) in [6.07, 6.45) is 2.71. The maximum Gasteiger partial charge on any atom is 0.191 e. The third-order valence-corrected chi connectivity index (χ3v) is 4.34. The number of morpholine rings is 1. The Morgan fingerprint density at radius 1 is 1.12 bits per heavy atom. The van der Waals surface area contributed by atoms with E-state index in [2.05, 4.69) is 39.8 Å². The Labute approximate surface area is 162 Å². The summed E-state index contributed by atoms with van der Waals surface area (Å²) < 4.78 is 5.39. The minimum Gasteiger partial charge on any atom is -0.379 e. The number of ether oxygens (including phenoxy) is 1. The number of rotatable bonds is 7. The molecule has 24 heavy (non-hydrogen) atoms. The van der Waals surface area contributed by atoms with E-state index in [1.165, 1.54) is 18.4 Å². The van der Waals surface area contributed by atoms with Crippen LogP contribution in [0.25, 0.3) is 0 Å². The molecule has 2 aliphatic rings. The second-order valence-corrected chi connectivity index (χ2v) is 6.36. The van der Waals surface area contributed by atoms with E-state index in [0.29, 0.717) is 0 Å². The highest BCUT2D eigenvalue weighted by atomic mass is 127. The summed E-state index contributed by atoms with van der Waals surface area (Å²) in [5.41, 5.74) is 1.24. The fraction of sp³-hybridized carbons (Fsp3) is 0.611. The van der Waals surface area contributed by atoms with Crippen LogP contribution in [-0.2, 0) is 11.3 Å². The van der Waals surface area contributed by atoms with Gasteiger partial charge in [0.05, 0.1) is 19.8 Å². The molecule has 6 heteroatoms. The van der Waals surface area contributed by atoms with Crippen LogP contribution in [-0.4, -0.2) is 56.8 Å². The van der Waals surface area contributed by atoms with Crippen molar-refractivity contribution in [3.63, 3.8) is 0 Å². The summed E-state index contributed by atoms with van der Waals surface area (Å²) in [6, 6.07) is 10.4. The van der Waals surface area contributed by atoms with Crippen molar-refractivity contribution in [3.8, 4) is 0 Å². The summed E-state index contributed by atoms with van der Waals surface area (Å²) in [5, 5.41) is 6.96. The molecule has 1 aliphatic carbocycles. The summed E-state index contributed by atoms with van der Waals surface area (Å²) in [6.45, 7) is 7.51. The Balaban J connectivity index is 0.00000208. The molecule has 0 unspecified atom stereocenters. The van der Waals surface area contributed by atoms with Crippen molar-refractivity contribution < 1.29 is 4.74 Å². The fourth-order valence-electron chi connectivity index (χ4n) is 2.65. The summed E-state index contributed by atoms with van der Waals surface area (Å²) in [4.78, 5) is 7.16. The molecule has 2 N–H and O–H groups in total. The molecule has 3 rings (SSSR count). The highest BCUT2D eigenvalue weighted by Gasteiger charge is 2.21. The number of hydrogen-bond acceptors (Lipinski definition) is 3. The smallest absolute Gasteiger partial charge is 0.191 e. The molecular weight excluding hydrogens is 415 g/mol. The maximum atomic E-state index is 5.39. The van der Waals surface area contributed by atoms with E-state index in [4.69, 9.17) is 9.73 Å². The largest absolute Gasteiger partial charge is 0.379 e. The first-order valence-corrected chi connectivity index (χ1v) is 8.76. The van der Waals surface area contributed by atoms with Crippen LogP contribution in [0.5, 0.6) is 0 Å². The van der Waals surface area contributed by atoms with E-state index in [0.717, 1.165) is 64.4 Å². The van der Waals surface area contributed by atoms with Crippen molar-refractivity contribution >= 4 is 29.9 Å². The van der Waals surface area contributed by atoms with Crippen molar-refractivity contribution in [2.75, 3.05) is 45.9 Å². The van der Waals surface area contributed by atoms with Gasteiger partial charge in [0.2, 0.25) is 0 Å². The SMILES string of the molecule is I.c1ccc(CN=C(NCCN2CCOCC2)NCC2CC2)cc1. The average molecular weight is 444 g/mol. The van der Waals surface area contributed by atoms with Gasteiger partial charge in [-0.25, -0.2) is 4.99 Å². The molecule has 134 valence electrons. The normalized spacial score (nSPS) is 18.8. The number of benzene rings is 1. The molecular formula is C18H29IN4O. The number of nitrogens with one attached hydrogen (secondary N) is 2. The standard InChI is InChI=1S/C18H28N4O.HI/c1-2-4-16(5-3-1)14-20-18(21-15-17-6-7-17)19-8-9-22-10-12-23-13-11-22;/h1-5,17H,6-15H2,(H2,19,20,21);1H. The number of nitrogens with zero attached hydrogens (tertiary/aromatic N) is 2. The van der Waals surface area contributed by atoms with Gasteiger partial charge in [0.1, 0.15) is 0 Å². The van der Waals surface area contributed by atoms with Crippen LogP contribution in [0.15, 0.2) is 35.3 Å². The van der Waals surface area contributed by atoms with Gasteiger partial charge in [-0.2, -0.15) is 0 Å². The van der Waals surface area contributed by atoms with Crippen molar-refractivity contribution in [2.24, 2.45) is 10.9 Å². The molecule has 0 radical (unpaired) electrons. The molecule has 1 aromatic carbocycles. The van der Waals surface area contributed by atoms with E-state index < -0.39 is 0 Å². The molecule has 0 aromatic heterocycles. The molecule has 1 heterocycles. The van der Waals surface area contributed by atoms with Crippen LogP contribution in [0, 0.1) is 5.92 Å². The van der Waals surface area contributed by atoms with Gasteiger partial charge in [-0.3, -0.25) is 4.90 Å². The van der Waals surface area contributed by atoms with E-state index >= 15 is 0 Å². The minimum atomic E-state index is 0. The number of aliphatic imine (C=N–C) groups is 1. The van der Waals surface area contributed by atoms with Crippen molar-refractivity contribution in [3.05, 3.63) is 35.9 Å². The minimum absolute atomic E-state index is 0. The van der Waals surface area contributed by atoms with E-state index in [1.807, 2.05) is 6.07 Å². The first-order chi connectivity index (χ1) is 11.4. The second kappa shape index (κ2) is 10.9. The van der Waals surface area contributed by atoms with Crippen LogP contribution in [0.4, 0.5) is 0 Å². The Kier molecular flexibility index (Phi) is 8.83. The molecule has 0 spiro atoms. The molecule has 0 atom stereocenters. The van der Waals surface area contributed by atoms with Gasteiger partial charge >= 0.3 is 0 Å². The average Bonchev–Trinajstić information content (AvgIpc) is 3.43. The molecule has 0 bridgehead atoms. The van der Waals surface area contributed by atoms with Gasteiger partial charge in [0.15, 0.2) is 5.96 Å². The van der Waals surface area contributed by atoms with Gasteiger partial charge < -0.3 is 15.4 Å². The van der Waals surface area contributed by atoms with Gasteiger partial charge in [0, 0.05) is 32.7 Å². The lowest BCUT2D eigenvalue weighted by atomic mass is 10.2. The lowest BCUT2D eigenvalue weighted by Gasteiger charge is -2.26. The Morgan fingerprint density at radius 3 is 2.58 bits per heavy atom. The lowest BCUT2D eigenvalue weighted by molar-refractivity contribution is 0.0389. The molecule has 1 aromatic rings. The Bertz CT molecular complexity index is 487. The van der Waals surface area contributed by atoms with Crippen molar-refractivity contribution in [2.45, 2.75) is 19.4 Å². The quantitative estimate of drug-likeness (QED) is 0.384. The predicted octanol–water partition coefficient (Wildman–Crippen LogP) is 2.08. The van der Waals surface area contributed by atoms with E-state index in [1.54, 1.807) is 0 Å². The zero-order chi connectivity index (χ0) is 15.7. The van der Waals surface area contributed by atoms with Crippen LogP contribution < -0.4 is 10.6 Å². The molecule has 1 aliphatic heterocycles. The summed E-state index contributed by atoms with van der Waals surface area (Å²) in [5.74, 6) is 1.78. The van der Waals surface area contributed by atoms with Gasteiger partial charge in [-0.05, 0) is 24.3 Å². The summed E-state index contributed by atoms with van der Waals surface area (Å²) in [7, 11) is 0. The van der Waals surface area contributed by atoms with Gasteiger partial charge in [-0.1, -0.05) is 30.3 Å². The van der Waals surface area contributed by atoms with E-state index in [9.17, 15) is 0 Å². The zero-order valence-corrected chi connectivity index (χ0v) is 16.6. The van der Waals surface area contributed by atoms with Crippen LogP contribution >= 0.6 is 24.0 Å². The van der Waals surface area contributed by atoms with Crippen LogP contribution in [0.2, 0.25) is 0 Å². The maximum absolute atomic E-state index is 5.39. The zero-order valence-electron chi connectivity index (χ0n) is 14.2. The highest BCUT2D eigenvalue weighted by Crippen LogP contribution is 2.27. The first-order valence-electron chi connectivity index (χ1n) is 8.76. The third kappa shape index (κ3) is 7.36. The van der Waals surface area contributed by atoms with Gasteiger partial charge in [0.25, 0.3) is 0 Å². The fourth-order valence-corrected chi connectivity index (χ4v) is 2.65. The monoisotopic (exact) mass is 444 g/mol. The first kappa shape index (κ1) is 19.5. The van der Waals surface area contributed by atoms with Gasteiger partial charge in [-0.15, -0.1) is 24.0 Å². The Morgan fingerprint density at radius 2 is 1.88 bits per heavy atom. The Hall–Kier alpha value is -0.860. The lowest BCUT2D eigenvalue weighted by Crippen LogP contribution is -2.44. The van der Waals surface area contributed by atoms with Crippen molar-refractivity contribution in [1.82, 2.24) is 15.5 Å². The molecule has 2 fully saturated rings. The molecule has 1 saturated heterocycles. The highest BCUT2D eigenvalue weighted by molar-refractivity contribution is 14.0. The predicted molar refractivity (Wildman–Crippen MR) is 109 cm³/mol. The molecule has 0 amide bonds. The summed E-state index contributed by atoms with van der Waals surface area (Å²) >= 11 is 0. The third-order valence-electron chi connectivity index (χ3n) is 4.34. The number of hydrogen-bond donors (Lipinski definition) is 2. The topological polar surface area (TPSA) is 48.9 Å². The second-order valence-electron chi connectivity index (χ2n) is 6.36. The number of guanidine groups is 1. The number of halogens is 1.